The maximum atomic E-state index is 9.51. The molecule has 0 saturated heterocycles. The molecule has 3 heteroatoms. The zero-order valence-electron chi connectivity index (χ0n) is 7.99. The van der Waals surface area contributed by atoms with Gasteiger partial charge in [0.2, 0.25) is 0 Å². The number of rotatable bonds is 3. The van der Waals surface area contributed by atoms with Crippen LogP contribution in [0.4, 0.5) is 0 Å². The second kappa shape index (κ2) is 3.96. The van der Waals surface area contributed by atoms with Gasteiger partial charge in [-0.3, -0.25) is 0 Å². The quantitative estimate of drug-likeness (QED) is 0.839. The van der Waals surface area contributed by atoms with Gasteiger partial charge in [0.25, 0.3) is 0 Å². The molecule has 74 valence electrons. The van der Waals surface area contributed by atoms with Crippen LogP contribution in [0, 0.1) is 0 Å². The molecule has 0 saturated carbocycles. The van der Waals surface area contributed by atoms with E-state index in [2.05, 4.69) is 6.92 Å². The third kappa shape index (κ3) is 1.60. The van der Waals surface area contributed by atoms with Crippen molar-refractivity contribution >= 4 is 22.7 Å². The summed E-state index contributed by atoms with van der Waals surface area (Å²) in [6, 6.07) is 5.46. The predicted octanol–water partition coefficient (Wildman–Crippen LogP) is 3.39. The van der Waals surface area contributed by atoms with E-state index >= 15 is 0 Å². The van der Waals surface area contributed by atoms with Gasteiger partial charge in [0.15, 0.2) is 11.3 Å². The zero-order valence-corrected chi connectivity index (χ0v) is 8.80. The number of furan rings is 1. The lowest BCUT2D eigenvalue weighted by molar-refractivity contribution is 0.465. The summed E-state index contributed by atoms with van der Waals surface area (Å²) in [5.74, 6) is 2.24. The van der Waals surface area contributed by atoms with Crippen molar-refractivity contribution in [2.45, 2.75) is 12.7 Å². The predicted molar refractivity (Wildman–Crippen MR) is 59.7 cm³/mol. The molecule has 14 heavy (non-hydrogen) atoms. The van der Waals surface area contributed by atoms with E-state index in [4.69, 9.17) is 4.42 Å². The average molecular weight is 208 g/mol. The van der Waals surface area contributed by atoms with Crippen LogP contribution in [0.1, 0.15) is 12.5 Å². The fourth-order valence-electron chi connectivity index (χ4n) is 1.42. The number of thioether (sulfide) groups is 1. The monoisotopic (exact) mass is 208 g/mol. The Labute approximate surface area is 86.9 Å². The Morgan fingerprint density at radius 2 is 2.29 bits per heavy atom. The largest absolute Gasteiger partial charge is 0.504 e. The van der Waals surface area contributed by atoms with Gasteiger partial charge in [-0.25, -0.2) is 0 Å². The maximum Gasteiger partial charge on any atom is 0.175 e. The summed E-state index contributed by atoms with van der Waals surface area (Å²) in [6.45, 7) is 2.13. The summed E-state index contributed by atoms with van der Waals surface area (Å²) in [5, 5.41) is 10.5. The molecule has 0 aliphatic heterocycles. The van der Waals surface area contributed by atoms with Gasteiger partial charge in [0, 0.05) is 16.7 Å². The number of fused-ring (bicyclic) bond motifs is 1. The number of phenols is 1. The van der Waals surface area contributed by atoms with Gasteiger partial charge in [-0.2, -0.15) is 11.8 Å². The van der Waals surface area contributed by atoms with Crippen molar-refractivity contribution in [2.75, 3.05) is 5.75 Å². The van der Waals surface area contributed by atoms with Crippen LogP contribution in [-0.2, 0) is 5.75 Å². The molecule has 0 radical (unpaired) electrons. The van der Waals surface area contributed by atoms with E-state index in [1.54, 1.807) is 12.3 Å². The SMILES string of the molecule is CCSCc1coc2c(O)cccc12. The Kier molecular flexibility index (Phi) is 2.68. The van der Waals surface area contributed by atoms with Crippen molar-refractivity contribution in [3.05, 3.63) is 30.0 Å². The van der Waals surface area contributed by atoms with Crippen LogP contribution >= 0.6 is 11.8 Å². The van der Waals surface area contributed by atoms with Crippen LogP contribution in [0.15, 0.2) is 28.9 Å². The Balaban J connectivity index is 2.42. The summed E-state index contributed by atoms with van der Waals surface area (Å²) in [4.78, 5) is 0. The van der Waals surface area contributed by atoms with Gasteiger partial charge in [0.1, 0.15) is 0 Å². The third-order valence-corrected chi connectivity index (χ3v) is 3.04. The molecule has 2 rings (SSSR count). The lowest BCUT2D eigenvalue weighted by atomic mass is 10.2. The highest BCUT2D eigenvalue weighted by molar-refractivity contribution is 7.98. The van der Waals surface area contributed by atoms with Crippen molar-refractivity contribution in [3.8, 4) is 5.75 Å². The molecule has 1 aromatic heterocycles. The average Bonchev–Trinajstić information content (AvgIpc) is 2.60. The highest BCUT2D eigenvalue weighted by atomic mass is 32.2. The molecule has 2 nitrogen and oxygen atoms in total. The van der Waals surface area contributed by atoms with E-state index in [1.807, 2.05) is 23.9 Å². The third-order valence-electron chi connectivity index (χ3n) is 2.12. The lowest BCUT2D eigenvalue weighted by Crippen LogP contribution is -1.77. The van der Waals surface area contributed by atoms with E-state index in [0.29, 0.717) is 5.58 Å². The molecule has 1 N–H and O–H groups in total. The van der Waals surface area contributed by atoms with Gasteiger partial charge < -0.3 is 9.52 Å². The molecule has 1 aromatic carbocycles. The minimum atomic E-state index is 0.218. The number of phenolic OH excluding ortho intramolecular Hbond substituents is 1. The van der Waals surface area contributed by atoms with Crippen LogP contribution in [0.2, 0.25) is 0 Å². The molecule has 1 heterocycles. The number of aromatic hydroxyl groups is 1. The van der Waals surface area contributed by atoms with Crippen LogP contribution < -0.4 is 0 Å². The van der Waals surface area contributed by atoms with Gasteiger partial charge in [-0.05, 0) is 11.8 Å². The molecule has 0 aliphatic carbocycles. The maximum absolute atomic E-state index is 9.51. The molecular weight excluding hydrogens is 196 g/mol. The molecule has 2 aromatic rings. The van der Waals surface area contributed by atoms with Gasteiger partial charge in [-0.1, -0.05) is 19.1 Å². The van der Waals surface area contributed by atoms with Crippen LogP contribution in [0.5, 0.6) is 5.75 Å². The topological polar surface area (TPSA) is 33.4 Å². The Morgan fingerprint density at radius 1 is 1.43 bits per heavy atom. The summed E-state index contributed by atoms with van der Waals surface area (Å²) >= 11 is 1.84. The highest BCUT2D eigenvalue weighted by Crippen LogP contribution is 2.30. The molecule has 0 amide bonds. The normalized spacial score (nSPS) is 10.9. The standard InChI is InChI=1S/C11H12O2S/c1-2-14-7-8-6-13-11-9(8)4-3-5-10(11)12/h3-6,12H,2,7H2,1H3. The highest BCUT2D eigenvalue weighted by Gasteiger charge is 2.08. The van der Waals surface area contributed by atoms with E-state index in [1.165, 1.54) is 0 Å². The first-order valence-electron chi connectivity index (χ1n) is 4.58. The Bertz CT molecular complexity index is 434. The molecule has 0 aliphatic rings. The lowest BCUT2D eigenvalue weighted by Gasteiger charge is -1.96. The van der Waals surface area contributed by atoms with Gasteiger partial charge in [0.05, 0.1) is 6.26 Å². The minimum absolute atomic E-state index is 0.218. The van der Waals surface area contributed by atoms with Crippen LogP contribution in [0.3, 0.4) is 0 Å². The molecule has 0 spiro atoms. The van der Waals surface area contributed by atoms with Gasteiger partial charge in [-0.15, -0.1) is 0 Å². The second-order valence-electron chi connectivity index (χ2n) is 3.05. The number of para-hydroxylation sites is 1. The summed E-state index contributed by atoms with van der Waals surface area (Å²) in [6.07, 6.45) is 1.73. The van der Waals surface area contributed by atoms with Crippen LogP contribution in [0.25, 0.3) is 11.0 Å². The second-order valence-corrected chi connectivity index (χ2v) is 4.33. The van der Waals surface area contributed by atoms with Crippen molar-refractivity contribution in [1.29, 1.82) is 0 Å². The number of hydrogen-bond acceptors (Lipinski definition) is 3. The molecule has 0 bridgehead atoms. The summed E-state index contributed by atoms with van der Waals surface area (Å²) in [5.41, 5.74) is 1.75. The summed E-state index contributed by atoms with van der Waals surface area (Å²) < 4.78 is 5.31. The first kappa shape index (κ1) is 9.46. The first-order valence-corrected chi connectivity index (χ1v) is 5.74. The van der Waals surface area contributed by atoms with Gasteiger partial charge >= 0.3 is 0 Å². The van der Waals surface area contributed by atoms with Crippen molar-refractivity contribution in [1.82, 2.24) is 0 Å². The van der Waals surface area contributed by atoms with E-state index in [0.717, 1.165) is 22.5 Å². The molecular formula is C11H12O2S. The first-order chi connectivity index (χ1) is 6.83. The van der Waals surface area contributed by atoms with Crippen molar-refractivity contribution < 1.29 is 9.52 Å². The van der Waals surface area contributed by atoms with E-state index in [9.17, 15) is 5.11 Å². The van der Waals surface area contributed by atoms with Crippen molar-refractivity contribution in [2.24, 2.45) is 0 Å². The Morgan fingerprint density at radius 3 is 3.07 bits per heavy atom. The number of benzene rings is 1. The fraction of sp³-hybridized carbons (Fsp3) is 0.273. The molecule has 0 atom stereocenters. The van der Waals surface area contributed by atoms with Crippen LogP contribution in [-0.4, -0.2) is 10.9 Å². The van der Waals surface area contributed by atoms with Crippen molar-refractivity contribution in [3.63, 3.8) is 0 Å². The Hall–Kier alpha value is -1.09. The van der Waals surface area contributed by atoms with E-state index in [-0.39, 0.29) is 5.75 Å². The smallest absolute Gasteiger partial charge is 0.175 e. The minimum Gasteiger partial charge on any atom is -0.504 e. The number of hydrogen-bond donors (Lipinski definition) is 1. The zero-order chi connectivity index (χ0) is 9.97. The van der Waals surface area contributed by atoms with E-state index < -0.39 is 0 Å². The molecule has 0 fully saturated rings. The fourth-order valence-corrected chi connectivity index (χ4v) is 2.07. The molecule has 0 unspecified atom stereocenters. The summed E-state index contributed by atoms with van der Waals surface area (Å²) in [7, 11) is 0.